The lowest BCUT2D eigenvalue weighted by Gasteiger charge is -2.31. The first-order chi connectivity index (χ1) is 8.57. The molecule has 0 radical (unpaired) electrons. The van der Waals surface area contributed by atoms with Gasteiger partial charge in [-0.3, -0.25) is 4.90 Å². The van der Waals surface area contributed by atoms with Crippen LogP contribution in [0.5, 0.6) is 0 Å². The number of rotatable bonds is 7. The Labute approximate surface area is 114 Å². The summed E-state index contributed by atoms with van der Waals surface area (Å²) in [5.74, 6) is 0.948. The van der Waals surface area contributed by atoms with Crippen molar-refractivity contribution in [3.63, 3.8) is 0 Å². The van der Waals surface area contributed by atoms with Gasteiger partial charge in [0, 0.05) is 11.6 Å². The highest BCUT2D eigenvalue weighted by Crippen LogP contribution is 2.24. The van der Waals surface area contributed by atoms with E-state index in [1.54, 1.807) is 6.07 Å². The highest BCUT2D eigenvalue weighted by molar-refractivity contribution is 7.98. The molecule has 2 unspecified atom stereocenters. The summed E-state index contributed by atoms with van der Waals surface area (Å²) in [7, 11) is 2.01. The van der Waals surface area contributed by atoms with Gasteiger partial charge >= 0.3 is 0 Å². The summed E-state index contributed by atoms with van der Waals surface area (Å²) in [6.07, 6.45) is 3.19. The van der Waals surface area contributed by atoms with E-state index in [0.29, 0.717) is 5.56 Å². The van der Waals surface area contributed by atoms with E-state index in [9.17, 15) is 4.39 Å². The molecule has 18 heavy (non-hydrogen) atoms. The van der Waals surface area contributed by atoms with E-state index in [4.69, 9.17) is 5.73 Å². The molecule has 0 aliphatic rings. The van der Waals surface area contributed by atoms with Crippen molar-refractivity contribution in [2.75, 3.05) is 25.6 Å². The van der Waals surface area contributed by atoms with Crippen molar-refractivity contribution >= 4 is 11.8 Å². The largest absolute Gasteiger partial charge is 0.326 e. The summed E-state index contributed by atoms with van der Waals surface area (Å²) in [6, 6.07) is 6.75. The van der Waals surface area contributed by atoms with Crippen molar-refractivity contribution in [2.24, 2.45) is 5.73 Å². The third-order valence-electron chi connectivity index (χ3n) is 3.06. The molecule has 2 nitrogen and oxygen atoms in total. The molecule has 0 saturated carbocycles. The minimum absolute atomic E-state index is 0.0620. The zero-order chi connectivity index (χ0) is 13.5. The van der Waals surface area contributed by atoms with Gasteiger partial charge in [-0.1, -0.05) is 18.2 Å². The maximum atomic E-state index is 13.9. The van der Waals surface area contributed by atoms with Crippen LogP contribution < -0.4 is 5.73 Å². The summed E-state index contributed by atoms with van der Waals surface area (Å²) in [6.45, 7) is 2.86. The summed E-state index contributed by atoms with van der Waals surface area (Å²) < 4.78 is 13.9. The lowest BCUT2D eigenvalue weighted by atomic mass is 9.99. The number of halogens is 1. The first-order valence-electron chi connectivity index (χ1n) is 6.27. The average molecular weight is 270 g/mol. The molecule has 0 saturated heterocycles. The zero-order valence-corrected chi connectivity index (χ0v) is 12.2. The van der Waals surface area contributed by atoms with E-state index in [2.05, 4.69) is 11.2 Å². The Kier molecular flexibility index (Phi) is 6.68. The molecule has 1 aromatic rings. The summed E-state index contributed by atoms with van der Waals surface area (Å²) in [5, 5.41) is 0. The van der Waals surface area contributed by atoms with Crippen LogP contribution in [0.2, 0.25) is 0 Å². The van der Waals surface area contributed by atoms with E-state index in [1.165, 1.54) is 6.07 Å². The van der Waals surface area contributed by atoms with Crippen LogP contribution in [0.4, 0.5) is 4.39 Å². The van der Waals surface area contributed by atoms with Gasteiger partial charge in [-0.25, -0.2) is 4.39 Å². The highest BCUT2D eigenvalue weighted by atomic mass is 32.2. The molecule has 0 aliphatic heterocycles. The van der Waals surface area contributed by atoms with Gasteiger partial charge in [-0.15, -0.1) is 0 Å². The Morgan fingerprint density at radius 1 is 1.39 bits per heavy atom. The number of hydrogen-bond donors (Lipinski definition) is 1. The van der Waals surface area contributed by atoms with Crippen LogP contribution in [0, 0.1) is 5.82 Å². The molecule has 1 rings (SSSR count). The van der Waals surface area contributed by atoms with Gasteiger partial charge in [-0.2, -0.15) is 11.8 Å². The Bertz CT molecular complexity index is 357. The minimum Gasteiger partial charge on any atom is -0.326 e. The predicted molar refractivity (Wildman–Crippen MR) is 78.4 cm³/mol. The van der Waals surface area contributed by atoms with Crippen LogP contribution in [0.3, 0.4) is 0 Å². The van der Waals surface area contributed by atoms with Gasteiger partial charge in [-0.05, 0) is 45.0 Å². The number of thioether (sulfide) groups is 1. The standard InChI is InChI=1S/C14H23FN2S/c1-11(16)14(17(2)9-6-10-18-3)12-7-4-5-8-13(12)15/h4-5,7-8,11,14H,6,9-10,16H2,1-3H3. The van der Waals surface area contributed by atoms with Crippen LogP contribution in [-0.4, -0.2) is 36.5 Å². The molecular weight excluding hydrogens is 247 g/mol. The molecule has 2 N–H and O–H groups in total. The number of nitrogens with zero attached hydrogens (tertiary/aromatic N) is 1. The average Bonchev–Trinajstić information content (AvgIpc) is 2.32. The molecule has 0 spiro atoms. The predicted octanol–water partition coefficient (Wildman–Crippen LogP) is 2.90. The fourth-order valence-corrected chi connectivity index (χ4v) is 2.65. The molecule has 0 heterocycles. The quantitative estimate of drug-likeness (QED) is 0.773. The first kappa shape index (κ1) is 15.5. The van der Waals surface area contributed by atoms with Crippen LogP contribution >= 0.6 is 11.8 Å². The molecule has 0 bridgehead atoms. The van der Waals surface area contributed by atoms with Crippen molar-refractivity contribution in [3.8, 4) is 0 Å². The van der Waals surface area contributed by atoms with Crippen LogP contribution in [-0.2, 0) is 0 Å². The van der Waals surface area contributed by atoms with Gasteiger partial charge in [0.05, 0.1) is 6.04 Å². The second-order valence-electron chi connectivity index (χ2n) is 4.65. The summed E-state index contributed by atoms with van der Waals surface area (Å²) in [4.78, 5) is 2.15. The van der Waals surface area contributed by atoms with Crippen LogP contribution in [0.1, 0.15) is 24.9 Å². The first-order valence-corrected chi connectivity index (χ1v) is 7.66. The van der Waals surface area contributed by atoms with Crippen LogP contribution in [0.25, 0.3) is 0 Å². The summed E-state index contributed by atoms with van der Waals surface area (Å²) in [5.41, 5.74) is 6.72. The molecule has 2 atom stereocenters. The number of nitrogens with two attached hydrogens (primary N) is 1. The third-order valence-corrected chi connectivity index (χ3v) is 3.75. The second-order valence-corrected chi connectivity index (χ2v) is 5.64. The molecule has 0 amide bonds. The lowest BCUT2D eigenvalue weighted by Crippen LogP contribution is -2.38. The number of hydrogen-bond acceptors (Lipinski definition) is 3. The van der Waals surface area contributed by atoms with E-state index < -0.39 is 0 Å². The van der Waals surface area contributed by atoms with Crippen molar-refractivity contribution in [2.45, 2.75) is 25.4 Å². The fourth-order valence-electron chi connectivity index (χ4n) is 2.23. The number of likely N-dealkylation sites (N-methyl/N-ethyl adjacent to an activating group) is 1. The van der Waals surface area contributed by atoms with E-state index in [0.717, 1.165) is 18.7 Å². The summed E-state index contributed by atoms with van der Waals surface area (Å²) >= 11 is 1.83. The smallest absolute Gasteiger partial charge is 0.128 e. The molecule has 0 aromatic heterocycles. The Hall–Kier alpha value is -0.580. The maximum absolute atomic E-state index is 13.9. The van der Waals surface area contributed by atoms with Gasteiger partial charge in [0.1, 0.15) is 5.82 Å². The van der Waals surface area contributed by atoms with Crippen molar-refractivity contribution in [1.82, 2.24) is 4.90 Å². The second kappa shape index (κ2) is 7.77. The van der Waals surface area contributed by atoms with Crippen LogP contribution in [0.15, 0.2) is 24.3 Å². The lowest BCUT2D eigenvalue weighted by molar-refractivity contribution is 0.215. The maximum Gasteiger partial charge on any atom is 0.128 e. The van der Waals surface area contributed by atoms with E-state index in [-0.39, 0.29) is 17.9 Å². The number of benzene rings is 1. The SMILES string of the molecule is CSCCCN(C)C(c1ccccc1F)C(C)N. The Morgan fingerprint density at radius 2 is 2.06 bits per heavy atom. The molecular formula is C14H23FN2S. The zero-order valence-electron chi connectivity index (χ0n) is 11.4. The molecule has 1 aromatic carbocycles. The molecule has 102 valence electrons. The van der Waals surface area contributed by atoms with Gasteiger partial charge in [0.15, 0.2) is 0 Å². The van der Waals surface area contributed by atoms with E-state index in [1.807, 2.05) is 37.9 Å². The molecule has 4 heteroatoms. The Balaban J connectivity index is 2.79. The fraction of sp³-hybridized carbons (Fsp3) is 0.571. The Morgan fingerprint density at radius 3 is 2.61 bits per heavy atom. The highest BCUT2D eigenvalue weighted by Gasteiger charge is 2.23. The van der Waals surface area contributed by atoms with Gasteiger partial charge < -0.3 is 5.73 Å². The molecule has 0 fully saturated rings. The third kappa shape index (κ3) is 4.26. The molecule has 0 aliphatic carbocycles. The topological polar surface area (TPSA) is 29.3 Å². The monoisotopic (exact) mass is 270 g/mol. The normalized spacial score (nSPS) is 14.8. The van der Waals surface area contributed by atoms with E-state index >= 15 is 0 Å². The van der Waals surface area contributed by atoms with Crippen molar-refractivity contribution in [3.05, 3.63) is 35.6 Å². The van der Waals surface area contributed by atoms with Gasteiger partial charge in [0.2, 0.25) is 0 Å². The minimum atomic E-state index is -0.170. The van der Waals surface area contributed by atoms with Crippen molar-refractivity contribution in [1.29, 1.82) is 0 Å². The van der Waals surface area contributed by atoms with Gasteiger partial charge in [0.25, 0.3) is 0 Å². The van der Waals surface area contributed by atoms with Crippen molar-refractivity contribution < 1.29 is 4.39 Å².